The normalized spacial score (nSPS) is 11.2. The van der Waals surface area contributed by atoms with E-state index in [2.05, 4.69) is 21.2 Å². The van der Waals surface area contributed by atoms with Crippen molar-refractivity contribution in [2.24, 2.45) is 0 Å². The standard InChI is InChI=1S/C14H9BrF3NO2/c15-9-4-5-12(11(7-9)14(16,17)18)19-10-3-1-2-8(6-10)13(20)21/h1-7,19H,(H,20,21). The minimum absolute atomic E-state index is 0.00864. The van der Waals surface area contributed by atoms with Gasteiger partial charge in [-0.1, -0.05) is 22.0 Å². The van der Waals surface area contributed by atoms with E-state index in [0.29, 0.717) is 4.47 Å². The predicted molar refractivity (Wildman–Crippen MR) is 75.8 cm³/mol. The number of carbonyl (C=O) groups is 1. The molecule has 0 heterocycles. The van der Waals surface area contributed by atoms with E-state index in [1.54, 1.807) is 0 Å². The van der Waals surface area contributed by atoms with Crippen molar-refractivity contribution in [2.45, 2.75) is 6.18 Å². The molecule has 7 heteroatoms. The van der Waals surface area contributed by atoms with E-state index in [1.165, 1.54) is 36.4 Å². The van der Waals surface area contributed by atoms with Gasteiger partial charge in [0.2, 0.25) is 0 Å². The molecule has 0 aliphatic rings. The molecule has 21 heavy (non-hydrogen) atoms. The van der Waals surface area contributed by atoms with Crippen molar-refractivity contribution in [3.63, 3.8) is 0 Å². The first-order valence-electron chi connectivity index (χ1n) is 5.74. The highest BCUT2D eigenvalue weighted by Gasteiger charge is 2.33. The second-order valence-electron chi connectivity index (χ2n) is 4.20. The maximum absolute atomic E-state index is 13.0. The molecule has 2 N–H and O–H groups in total. The summed E-state index contributed by atoms with van der Waals surface area (Å²) in [6.07, 6.45) is -4.52. The maximum atomic E-state index is 13.0. The number of hydrogen-bond donors (Lipinski definition) is 2. The van der Waals surface area contributed by atoms with Crippen LogP contribution < -0.4 is 5.32 Å². The lowest BCUT2D eigenvalue weighted by molar-refractivity contribution is -0.137. The lowest BCUT2D eigenvalue weighted by atomic mass is 10.1. The fraction of sp³-hybridized carbons (Fsp3) is 0.0714. The SMILES string of the molecule is O=C(O)c1cccc(Nc2ccc(Br)cc2C(F)(F)F)c1. The van der Waals surface area contributed by atoms with Crippen molar-refractivity contribution < 1.29 is 23.1 Å². The quantitative estimate of drug-likeness (QED) is 0.818. The zero-order valence-corrected chi connectivity index (χ0v) is 12.0. The van der Waals surface area contributed by atoms with Gasteiger partial charge < -0.3 is 10.4 Å². The molecule has 0 unspecified atom stereocenters. The van der Waals surface area contributed by atoms with Crippen LogP contribution in [0.25, 0.3) is 0 Å². The van der Waals surface area contributed by atoms with Crippen molar-refractivity contribution in [3.8, 4) is 0 Å². The first-order chi connectivity index (χ1) is 9.77. The monoisotopic (exact) mass is 359 g/mol. The van der Waals surface area contributed by atoms with Crippen LogP contribution in [-0.4, -0.2) is 11.1 Å². The summed E-state index contributed by atoms with van der Waals surface area (Å²) in [4.78, 5) is 10.9. The maximum Gasteiger partial charge on any atom is 0.418 e. The van der Waals surface area contributed by atoms with Crippen LogP contribution in [0.2, 0.25) is 0 Å². The molecule has 2 aromatic rings. The number of benzene rings is 2. The highest BCUT2D eigenvalue weighted by atomic mass is 79.9. The van der Waals surface area contributed by atoms with Crippen molar-refractivity contribution >= 4 is 33.3 Å². The molecule has 2 aromatic carbocycles. The Hall–Kier alpha value is -2.02. The lowest BCUT2D eigenvalue weighted by Crippen LogP contribution is -2.09. The van der Waals surface area contributed by atoms with Gasteiger partial charge in [-0.2, -0.15) is 13.2 Å². The molecule has 0 fully saturated rings. The van der Waals surface area contributed by atoms with Crippen LogP contribution in [0.15, 0.2) is 46.9 Å². The van der Waals surface area contributed by atoms with Gasteiger partial charge in [-0.15, -0.1) is 0 Å². The smallest absolute Gasteiger partial charge is 0.418 e. The Morgan fingerprint density at radius 1 is 1.14 bits per heavy atom. The molecular formula is C14H9BrF3NO2. The molecule has 0 saturated heterocycles. The number of aromatic carboxylic acids is 1. The number of halogens is 4. The Balaban J connectivity index is 2.40. The fourth-order valence-corrected chi connectivity index (χ4v) is 2.11. The third-order valence-corrected chi connectivity index (χ3v) is 3.17. The molecule has 0 aliphatic carbocycles. The van der Waals surface area contributed by atoms with Gasteiger partial charge in [-0.3, -0.25) is 0 Å². The third-order valence-electron chi connectivity index (χ3n) is 2.68. The van der Waals surface area contributed by atoms with Crippen LogP contribution in [0.1, 0.15) is 15.9 Å². The molecule has 0 aliphatic heterocycles. The Morgan fingerprint density at radius 2 is 1.86 bits per heavy atom. The minimum Gasteiger partial charge on any atom is -0.478 e. The Kier molecular flexibility index (Phi) is 4.22. The fourth-order valence-electron chi connectivity index (χ4n) is 1.75. The van der Waals surface area contributed by atoms with E-state index < -0.39 is 17.7 Å². The van der Waals surface area contributed by atoms with Gasteiger partial charge in [0.15, 0.2) is 0 Å². The number of carboxylic acid groups (broad SMARTS) is 1. The molecule has 0 spiro atoms. The van der Waals surface area contributed by atoms with E-state index >= 15 is 0 Å². The second kappa shape index (κ2) is 5.77. The van der Waals surface area contributed by atoms with Crippen molar-refractivity contribution in [1.29, 1.82) is 0 Å². The Labute approximate surface area is 126 Å². The summed E-state index contributed by atoms with van der Waals surface area (Å²) in [6.45, 7) is 0. The molecule has 0 radical (unpaired) electrons. The van der Waals surface area contributed by atoms with Crippen LogP contribution in [0.4, 0.5) is 24.5 Å². The second-order valence-corrected chi connectivity index (χ2v) is 5.11. The molecule has 0 saturated carbocycles. The average Bonchev–Trinajstić information content (AvgIpc) is 2.40. The predicted octanol–water partition coefficient (Wildman–Crippen LogP) is 4.91. The molecular weight excluding hydrogens is 351 g/mol. The zero-order valence-electron chi connectivity index (χ0n) is 10.4. The number of rotatable bonds is 3. The Morgan fingerprint density at radius 3 is 2.48 bits per heavy atom. The van der Waals surface area contributed by atoms with E-state index in [1.807, 2.05) is 0 Å². The lowest BCUT2D eigenvalue weighted by Gasteiger charge is -2.15. The van der Waals surface area contributed by atoms with Crippen LogP contribution in [0.5, 0.6) is 0 Å². The van der Waals surface area contributed by atoms with Crippen molar-refractivity contribution in [3.05, 3.63) is 58.1 Å². The van der Waals surface area contributed by atoms with Gasteiger partial charge in [0.25, 0.3) is 0 Å². The van der Waals surface area contributed by atoms with E-state index in [0.717, 1.165) is 6.07 Å². The van der Waals surface area contributed by atoms with Gasteiger partial charge in [-0.25, -0.2) is 4.79 Å². The summed E-state index contributed by atoms with van der Waals surface area (Å²) in [6, 6.07) is 9.29. The Bertz CT molecular complexity index is 686. The first-order valence-corrected chi connectivity index (χ1v) is 6.54. The molecule has 110 valence electrons. The summed E-state index contributed by atoms with van der Waals surface area (Å²) in [5.41, 5.74) is -0.723. The van der Waals surface area contributed by atoms with Gasteiger partial charge in [0.05, 0.1) is 16.8 Å². The number of alkyl halides is 3. The largest absolute Gasteiger partial charge is 0.478 e. The number of carboxylic acids is 1. The highest BCUT2D eigenvalue weighted by Crippen LogP contribution is 2.37. The molecule has 0 atom stereocenters. The van der Waals surface area contributed by atoms with Gasteiger partial charge in [-0.05, 0) is 36.4 Å². The number of anilines is 2. The van der Waals surface area contributed by atoms with Crippen LogP contribution in [-0.2, 0) is 6.18 Å². The summed E-state index contributed by atoms with van der Waals surface area (Å²) >= 11 is 3.00. The zero-order chi connectivity index (χ0) is 15.6. The summed E-state index contributed by atoms with van der Waals surface area (Å²) in [5.74, 6) is -1.15. The highest BCUT2D eigenvalue weighted by molar-refractivity contribution is 9.10. The molecule has 0 aromatic heterocycles. The average molecular weight is 360 g/mol. The summed E-state index contributed by atoms with van der Waals surface area (Å²) < 4.78 is 39.3. The van der Waals surface area contributed by atoms with Gasteiger partial charge >= 0.3 is 12.1 Å². The van der Waals surface area contributed by atoms with Crippen LogP contribution in [0.3, 0.4) is 0 Å². The van der Waals surface area contributed by atoms with E-state index in [-0.39, 0.29) is 16.9 Å². The molecule has 3 nitrogen and oxygen atoms in total. The first kappa shape index (κ1) is 15.4. The van der Waals surface area contributed by atoms with Gasteiger partial charge in [0, 0.05) is 10.2 Å². The molecule has 2 rings (SSSR count). The summed E-state index contributed by atoms with van der Waals surface area (Å²) in [5, 5.41) is 11.5. The van der Waals surface area contributed by atoms with Gasteiger partial charge in [0.1, 0.15) is 0 Å². The van der Waals surface area contributed by atoms with Crippen LogP contribution >= 0.6 is 15.9 Å². The van der Waals surface area contributed by atoms with E-state index in [9.17, 15) is 18.0 Å². The third kappa shape index (κ3) is 3.75. The van der Waals surface area contributed by atoms with E-state index in [4.69, 9.17) is 5.11 Å². The topological polar surface area (TPSA) is 49.3 Å². The van der Waals surface area contributed by atoms with Crippen molar-refractivity contribution in [1.82, 2.24) is 0 Å². The number of hydrogen-bond acceptors (Lipinski definition) is 2. The summed E-state index contributed by atoms with van der Waals surface area (Å²) in [7, 11) is 0. The minimum atomic E-state index is -4.52. The number of nitrogens with one attached hydrogen (secondary N) is 1. The molecule has 0 amide bonds. The van der Waals surface area contributed by atoms with Crippen molar-refractivity contribution in [2.75, 3.05) is 5.32 Å². The van der Waals surface area contributed by atoms with Crippen LogP contribution in [0, 0.1) is 0 Å². The molecule has 0 bridgehead atoms.